The Morgan fingerprint density at radius 1 is 0.921 bits per heavy atom. The molecular formula is C29H36ClN3O4S. The van der Waals surface area contributed by atoms with Gasteiger partial charge in [-0.05, 0) is 80.4 Å². The van der Waals surface area contributed by atoms with Crippen LogP contribution in [0.3, 0.4) is 0 Å². The van der Waals surface area contributed by atoms with Crippen molar-refractivity contribution in [3.05, 3.63) is 70.7 Å². The van der Waals surface area contributed by atoms with Gasteiger partial charge in [0.1, 0.15) is 5.75 Å². The molecule has 1 aliphatic rings. The predicted molar refractivity (Wildman–Crippen MR) is 152 cm³/mol. The molecule has 4 rings (SSSR count). The Morgan fingerprint density at radius 2 is 1.55 bits per heavy atom. The molecule has 1 heterocycles. The maximum atomic E-state index is 13.4. The number of carbonyl (C=O) groups is 1. The average molecular weight is 558 g/mol. The number of halogens is 1. The van der Waals surface area contributed by atoms with E-state index in [2.05, 4.69) is 32.6 Å². The Morgan fingerprint density at radius 3 is 2.18 bits per heavy atom. The normalized spacial score (nSPS) is 15.1. The molecule has 1 aliphatic heterocycles. The van der Waals surface area contributed by atoms with E-state index in [9.17, 15) is 13.2 Å². The molecule has 0 N–H and O–H groups in total. The number of methoxy groups -OCH3 is 1. The molecule has 1 saturated heterocycles. The number of piperazine rings is 1. The van der Waals surface area contributed by atoms with Gasteiger partial charge in [0, 0.05) is 49.8 Å². The molecule has 0 saturated carbocycles. The molecule has 38 heavy (non-hydrogen) atoms. The van der Waals surface area contributed by atoms with Crippen LogP contribution >= 0.6 is 11.6 Å². The van der Waals surface area contributed by atoms with Crippen molar-refractivity contribution in [1.29, 1.82) is 0 Å². The average Bonchev–Trinajstić information content (AvgIpc) is 2.90. The van der Waals surface area contributed by atoms with E-state index in [1.54, 1.807) is 36.3 Å². The van der Waals surface area contributed by atoms with Crippen molar-refractivity contribution in [3.8, 4) is 5.75 Å². The van der Waals surface area contributed by atoms with Crippen LogP contribution in [-0.2, 0) is 16.6 Å². The van der Waals surface area contributed by atoms with Crippen molar-refractivity contribution in [2.24, 2.45) is 0 Å². The van der Waals surface area contributed by atoms with Crippen molar-refractivity contribution in [2.45, 2.75) is 51.2 Å². The van der Waals surface area contributed by atoms with Crippen LogP contribution < -0.4 is 4.74 Å². The van der Waals surface area contributed by atoms with Gasteiger partial charge in [-0.2, -0.15) is 4.31 Å². The molecule has 0 unspecified atom stereocenters. The predicted octanol–water partition coefficient (Wildman–Crippen LogP) is 5.27. The van der Waals surface area contributed by atoms with E-state index in [-0.39, 0.29) is 23.9 Å². The summed E-state index contributed by atoms with van der Waals surface area (Å²) in [6.45, 7) is 10.5. The molecule has 0 atom stereocenters. The smallest absolute Gasteiger partial charge is 0.257 e. The first-order valence-corrected chi connectivity index (χ1v) is 14.7. The molecule has 3 aromatic rings. The molecule has 1 fully saturated rings. The summed E-state index contributed by atoms with van der Waals surface area (Å²) in [7, 11) is -2.12. The van der Waals surface area contributed by atoms with E-state index in [1.165, 1.54) is 4.31 Å². The van der Waals surface area contributed by atoms with Crippen molar-refractivity contribution in [3.63, 3.8) is 0 Å². The van der Waals surface area contributed by atoms with Crippen LogP contribution in [0.5, 0.6) is 5.75 Å². The van der Waals surface area contributed by atoms with Crippen LogP contribution in [-0.4, -0.2) is 73.8 Å². The summed E-state index contributed by atoms with van der Waals surface area (Å²) in [4.78, 5) is 17.7. The van der Waals surface area contributed by atoms with E-state index >= 15 is 0 Å². The molecule has 0 aliphatic carbocycles. The quantitative estimate of drug-likeness (QED) is 0.377. The SMILES string of the molecule is COc1cc(CN(C(C)C)C(C)C)ccc1C(=O)N1CCN(S(=O)(=O)c2ccc3cc(Cl)ccc3c2)CC1. The molecule has 3 aromatic carbocycles. The molecular weight excluding hydrogens is 522 g/mol. The Hall–Kier alpha value is -2.65. The lowest BCUT2D eigenvalue weighted by molar-refractivity contribution is 0.0694. The monoisotopic (exact) mass is 557 g/mol. The Balaban J connectivity index is 1.45. The maximum absolute atomic E-state index is 13.4. The van der Waals surface area contributed by atoms with Gasteiger partial charge in [-0.15, -0.1) is 0 Å². The second-order valence-corrected chi connectivity index (χ2v) is 12.6. The number of hydrogen-bond donors (Lipinski definition) is 0. The van der Waals surface area contributed by atoms with Gasteiger partial charge in [-0.3, -0.25) is 9.69 Å². The number of ether oxygens (including phenoxy) is 1. The van der Waals surface area contributed by atoms with E-state index in [0.717, 1.165) is 22.9 Å². The lowest BCUT2D eigenvalue weighted by Crippen LogP contribution is -2.50. The van der Waals surface area contributed by atoms with Gasteiger partial charge in [0.2, 0.25) is 10.0 Å². The van der Waals surface area contributed by atoms with Gasteiger partial charge in [0.05, 0.1) is 17.6 Å². The standard InChI is InChI=1S/C29H36ClN3O4S/c1-20(2)33(21(3)4)19-22-6-11-27(28(16-22)37-5)29(34)31-12-14-32(15-13-31)38(35,36)26-10-8-23-17-25(30)9-7-24(23)18-26/h6-11,16-18,20-21H,12-15,19H2,1-5H3. The first kappa shape index (κ1) is 28.4. The highest BCUT2D eigenvalue weighted by molar-refractivity contribution is 7.89. The van der Waals surface area contributed by atoms with Crippen LogP contribution in [0.2, 0.25) is 5.02 Å². The zero-order valence-corrected chi connectivity index (χ0v) is 24.2. The van der Waals surface area contributed by atoms with E-state index in [0.29, 0.717) is 41.5 Å². The molecule has 7 nitrogen and oxygen atoms in total. The lowest BCUT2D eigenvalue weighted by atomic mass is 10.1. The number of amides is 1. The highest BCUT2D eigenvalue weighted by Gasteiger charge is 2.31. The third kappa shape index (κ3) is 5.99. The van der Waals surface area contributed by atoms with Gasteiger partial charge in [0.25, 0.3) is 5.91 Å². The van der Waals surface area contributed by atoms with Gasteiger partial charge >= 0.3 is 0 Å². The third-order valence-corrected chi connectivity index (χ3v) is 9.26. The summed E-state index contributed by atoms with van der Waals surface area (Å²) in [5.74, 6) is 0.379. The number of benzene rings is 3. The molecule has 9 heteroatoms. The fraction of sp³-hybridized carbons (Fsp3) is 0.414. The van der Waals surface area contributed by atoms with E-state index in [1.807, 2.05) is 30.3 Å². The van der Waals surface area contributed by atoms with Crippen molar-refractivity contribution in [1.82, 2.24) is 14.1 Å². The topological polar surface area (TPSA) is 70.2 Å². The lowest BCUT2D eigenvalue weighted by Gasteiger charge is -2.34. The molecule has 0 spiro atoms. The second-order valence-electron chi connectivity index (χ2n) is 10.2. The Labute approximate surface area is 231 Å². The zero-order valence-electron chi connectivity index (χ0n) is 22.6. The fourth-order valence-corrected chi connectivity index (χ4v) is 6.63. The fourth-order valence-electron chi connectivity index (χ4n) is 4.99. The van der Waals surface area contributed by atoms with Gasteiger partial charge in [-0.1, -0.05) is 29.8 Å². The number of nitrogens with zero attached hydrogens (tertiary/aromatic N) is 3. The zero-order chi connectivity index (χ0) is 27.6. The van der Waals surface area contributed by atoms with E-state index < -0.39 is 10.0 Å². The van der Waals surface area contributed by atoms with Crippen LogP contribution in [0, 0.1) is 0 Å². The number of rotatable bonds is 8. The number of hydrogen-bond acceptors (Lipinski definition) is 5. The molecule has 0 radical (unpaired) electrons. The van der Waals surface area contributed by atoms with Gasteiger partial charge in [0.15, 0.2) is 0 Å². The Bertz CT molecular complexity index is 1410. The molecule has 1 amide bonds. The molecule has 0 aromatic heterocycles. The van der Waals surface area contributed by atoms with Crippen molar-refractivity contribution < 1.29 is 17.9 Å². The summed E-state index contributed by atoms with van der Waals surface area (Å²) in [5.41, 5.74) is 1.57. The first-order chi connectivity index (χ1) is 18.0. The first-order valence-electron chi connectivity index (χ1n) is 12.9. The summed E-state index contributed by atoms with van der Waals surface area (Å²) >= 11 is 6.05. The van der Waals surface area contributed by atoms with Crippen molar-refractivity contribution >= 4 is 38.3 Å². The van der Waals surface area contributed by atoms with E-state index in [4.69, 9.17) is 16.3 Å². The summed E-state index contributed by atoms with van der Waals surface area (Å²) in [5, 5.41) is 2.30. The maximum Gasteiger partial charge on any atom is 0.257 e. The number of fused-ring (bicyclic) bond motifs is 1. The van der Waals surface area contributed by atoms with Crippen LogP contribution in [0.25, 0.3) is 10.8 Å². The number of carbonyl (C=O) groups excluding carboxylic acids is 1. The minimum atomic E-state index is -3.69. The second kappa shape index (κ2) is 11.6. The third-order valence-electron chi connectivity index (χ3n) is 7.13. The highest BCUT2D eigenvalue weighted by atomic mass is 35.5. The largest absolute Gasteiger partial charge is 0.496 e. The van der Waals surface area contributed by atoms with Gasteiger partial charge in [-0.25, -0.2) is 8.42 Å². The van der Waals surface area contributed by atoms with Crippen LogP contribution in [0.1, 0.15) is 43.6 Å². The van der Waals surface area contributed by atoms with Crippen molar-refractivity contribution in [2.75, 3.05) is 33.3 Å². The van der Waals surface area contributed by atoms with Crippen LogP contribution in [0.15, 0.2) is 59.5 Å². The summed E-state index contributed by atoms with van der Waals surface area (Å²) in [6.07, 6.45) is 0. The summed E-state index contributed by atoms with van der Waals surface area (Å²) in [6, 6.07) is 16.9. The molecule has 0 bridgehead atoms. The number of sulfonamides is 1. The minimum absolute atomic E-state index is 0.155. The minimum Gasteiger partial charge on any atom is -0.496 e. The summed E-state index contributed by atoms with van der Waals surface area (Å²) < 4.78 is 33.7. The van der Waals surface area contributed by atoms with Gasteiger partial charge < -0.3 is 9.64 Å². The highest BCUT2D eigenvalue weighted by Crippen LogP contribution is 2.27. The van der Waals surface area contributed by atoms with Crippen LogP contribution in [0.4, 0.5) is 0 Å². The molecule has 204 valence electrons. The Kier molecular flexibility index (Phi) is 8.67.